The summed E-state index contributed by atoms with van der Waals surface area (Å²) in [6.45, 7) is 6.31. The summed E-state index contributed by atoms with van der Waals surface area (Å²) in [5.41, 5.74) is 2.31. The van der Waals surface area contributed by atoms with Crippen LogP contribution in [0.3, 0.4) is 0 Å². The first kappa shape index (κ1) is 11.3. The van der Waals surface area contributed by atoms with E-state index in [0.29, 0.717) is 6.04 Å². The molecule has 4 heteroatoms. The summed E-state index contributed by atoms with van der Waals surface area (Å²) in [4.78, 5) is 0. The van der Waals surface area contributed by atoms with Crippen LogP contribution in [0, 0.1) is 6.92 Å². The number of nitrogens with zero attached hydrogens (tertiary/aromatic N) is 3. The maximum Gasteiger partial charge on any atom is 0.164 e. The van der Waals surface area contributed by atoms with E-state index in [1.807, 2.05) is 0 Å². The molecule has 2 aromatic rings. The second-order valence-electron chi connectivity index (χ2n) is 4.12. The Morgan fingerprint density at radius 2 is 2.06 bits per heavy atom. The van der Waals surface area contributed by atoms with Crippen molar-refractivity contribution in [2.45, 2.75) is 26.8 Å². The van der Waals surface area contributed by atoms with Gasteiger partial charge in [0.1, 0.15) is 6.33 Å². The van der Waals surface area contributed by atoms with Crippen LogP contribution in [0.1, 0.15) is 25.5 Å². The first-order valence-electron chi connectivity index (χ1n) is 5.25. The van der Waals surface area contributed by atoms with Crippen molar-refractivity contribution >= 4 is 15.9 Å². The van der Waals surface area contributed by atoms with Crippen molar-refractivity contribution in [3.8, 4) is 11.4 Å². The standard InChI is InChI=1S/C12H14BrN3/c1-8(2)16-7-14-15-12(16)10-5-4-9(3)11(13)6-10/h4-8H,1-3H3. The summed E-state index contributed by atoms with van der Waals surface area (Å²) in [7, 11) is 0. The van der Waals surface area contributed by atoms with Gasteiger partial charge in [-0.25, -0.2) is 0 Å². The first-order valence-corrected chi connectivity index (χ1v) is 6.05. The topological polar surface area (TPSA) is 30.7 Å². The van der Waals surface area contributed by atoms with Gasteiger partial charge in [0.2, 0.25) is 0 Å². The van der Waals surface area contributed by atoms with E-state index in [1.54, 1.807) is 6.33 Å². The SMILES string of the molecule is Cc1ccc(-c2nncn2C(C)C)cc1Br. The molecule has 0 amide bonds. The minimum Gasteiger partial charge on any atom is -0.311 e. The molecule has 0 aliphatic carbocycles. The third-order valence-electron chi connectivity index (χ3n) is 2.56. The van der Waals surface area contributed by atoms with Crippen molar-refractivity contribution in [2.75, 3.05) is 0 Å². The summed E-state index contributed by atoms with van der Waals surface area (Å²) in [6.07, 6.45) is 1.77. The zero-order valence-corrected chi connectivity index (χ0v) is 11.2. The highest BCUT2D eigenvalue weighted by Gasteiger charge is 2.10. The van der Waals surface area contributed by atoms with Crippen molar-refractivity contribution < 1.29 is 0 Å². The molecule has 0 saturated carbocycles. The maximum absolute atomic E-state index is 4.17. The summed E-state index contributed by atoms with van der Waals surface area (Å²) in [5, 5.41) is 8.14. The van der Waals surface area contributed by atoms with Crippen molar-refractivity contribution in [3.05, 3.63) is 34.6 Å². The van der Waals surface area contributed by atoms with E-state index in [-0.39, 0.29) is 0 Å². The largest absolute Gasteiger partial charge is 0.311 e. The van der Waals surface area contributed by atoms with Crippen LogP contribution in [-0.2, 0) is 0 Å². The molecule has 16 heavy (non-hydrogen) atoms. The lowest BCUT2D eigenvalue weighted by molar-refractivity contribution is 0.604. The summed E-state index contributed by atoms with van der Waals surface area (Å²) in [6, 6.07) is 6.60. The molecule has 0 atom stereocenters. The molecule has 0 aliphatic rings. The number of hydrogen-bond acceptors (Lipinski definition) is 2. The van der Waals surface area contributed by atoms with E-state index in [1.165, 1.54) is 5.56 Å². The third kappa shape index (κ3) is 2.02. The highest BCUT2D eigenvalue weighted by atomic mass is 79.9. The van der Waals surface area contributed by atoms with Crippen LogP contribution in [0.5, 0.6) is 0 Å². The Morgan fingerprint density at radius 3 is 2.69 bits per heavy atom. The highest BCUT2D eigenvalue weighted by molar-refractivity contribution is 9.10. The van der Waals surface area contributed by atoms with E-state index < -0.39 is 0 Å². The first-order chi connectivity index (χ1) is 7.59. The molecule has 0 bridgehead atoms. The van der Waals surface area contributed by atoms with Crippen molar-refractivity contribution in [3.63, 3.8) is 0 Å². The smallest absolute Gasteiger partial charge is 0.164 e. The van der Waals surface area contributed by atoms with Crippen molar-refractivity contribution in [1.82, 2.24) is 14.8 Å². The lowest BCUT2D eigenvalue weighted by Crippen LogP contribution is -2.01. The minimum atomic E-state index is 0.366. The summed E-state index contributed by atoms with van der Waals surface area (Å²) >= 11 is 3.54. The number of rotatable bonds is 2. The Morgan fingerprint density at radius 1 is 1.31 bits per heavy atom. The number of benzene rings is 1. The fourth-order valence-corrected chi connectivity index (χ4v) is 1.94. The Balaban J connectivity index is 2.50. The normalized spacial score (nSPS) is 11.1. The molecule has 0 unspecified atom stereocenters. The molecule has 0 N–H and O–H groups in total. The molecular weight excluding hydrogens is 266 g/mol. The quantitative estimate of drug-likeness (QED) is 0.841. The van der Waals surface area contributed by atoms with E-state index in [4.69, 9.17) is 0 Å². The van der Waals surface area contributed by atoms with Gasteiger partial charge in [0.25, 0.3) is 0 Å². The molecule has 1 aromatic heterocycles. The molecule has 2 rings (SSSR count). The van der Waals surface area contributed by atoms with Crippen LogP contribution in [-0.4, -0.2) is 14.8 Å². The third-order valence-corrected chi connectivity index (χ3v) is 3.41. The van der Waals surface area contributed by atoms with Gasteiger partial charge in [0.05, 0.1) is 0 Å². The lowest BCUT2D eigenvalue weighted by atomic mass is 10.1. The molecule has 0 radical (unpaired) electrons. The van der Waals surface area contributed by atoms with E-state index in [2.05, 4.69) is 69.7 Å². The van der Waals surface area contributed by atoms with Gasteiger partial charge in [0, 0.05) is 16.1 Å². The summed E-state index contributed by atoms with van der Waals surface area (Å²) < 4.78 is 3.17. The Labute approximate surface area is 104 Å². The second kappa shape index (κ2) is 4.37. The van der Waals surface area contributed by atoms with Gasteiger partial charge >= 0.3 is 0 Å². The fraction of sp³-hybridized carbons (Fsp3) is 0.333. The van der Waals surface area contributed by atoms with Crippen LogP contribution in [0.25, 0.3) is 11.4 Å². The van der Waals surface area contributed by atoms with Gasteiger partial charge in [0.15, 0.2) is 5.82 Å². The Hall–Kier alpha value is -1.16. The van der Waals surface area contributed by atoms with Crippen LogP contribution in [0.4, 0.5) is 0 Å². The molecule has 0 fully saturated rings. The molecular formula is C12H14BrN3. The Bertz CT molecular complexity index is 503. The van der Waals surface area contributed by atoms with Gasteiger partial charge in [-0.3, -0.25) is 0 Å². The maximum atomic E-state index is 4.17. The molecule has 84 valence electrons. The number of aromatic nitrogens is 3. The zero-order chi connectivity index (χ0) is 11.7. The predicted molar refractivity (Wildman–Crippen MR) is 68.3 cm³/mol. The number of aryl methyl sites for hydroxylation is 1. The molecule has 0 aliphatic heterocycles. The molecule has 1 heterocycles. The van der Waals surface area contributed by atoms with E-state index in [9.17, 15) is 0 Å². The minimum absolute atomic E-state index is 0.366. The van der Waals surface area contributed by atoms with Gasteiger partial charge in [-0.2, -0.15) is 0 Å². The van der Waals surface area contributed by atoms with E-state index >= 15 is 0 Å². The van der Waals surface area contributed by atoms with Gasteiger partial charge in [-0.05, 0) is 32.4 Å². The van der Waals surface area contributed by atoms with Crippen molar-refractivity contribution in [2.24, 2.45) is 0 Å². The average Bonchev–Trinajstić information content (AvgIpc) is 2.71. The molecule has 0 saturated heterocycles. The van der Waals surface area contributed by atoms with Gasteiger partial charge in [-0.15, -0.1) is 10.2 Å². The average molecular weight is 280 g/mol. The van der Waals surface area contributed by atoms with Gasteiger partial charge in [-0.1, -0.05) is 28.1 Å². The second-order valence-corrected chi connectivity index (χ2v) is 4.97. The molecule has 3 nitrogen and oxygen atoms in total. The monoisotopic (exact) mass is 279 g/mol. The molecule has 0 spiro atoms. The molecule has 1 aromatic carbocycles. The van der Waals surface area contributed by atoms with Gasteiger partial charge < -0.3 is 4.57 Å². The van der Waals surface area contributed by atoms with E-state index in [0.717, 1.165) is 15.9 Å². The predicted octanol–water partition coefficient (Wildman–Crippen LogP) is 3.60. The van der Waals surface area contributed by atoms with Crippen LogP contribution in [0.2, 0.25) is 0 Å². The van der Waals surface area contributed by atoms with Crippen molar-refractivity contribution in [1.29, 1.82) is 0 Å². The number of hydrogen-bond donors (Lipinski definition) is 0. The number of halogens is 1. The van der Waals surface area contributed by atoms with Crippen LogP contribution in [0.15, 0.2) is 29.0 Å². The zero-order valence-electron chi connectivity index (χ0n) is 9.61. The Kier molecular flexibility index (Phi) is 3.10. The fourth-order valence-electron chi connectivity index (χ4n) is 1.56. The van der Waals surface area contributed by atoms with Crippen LogP contribution >= 0.6 is 15.9 Å². The highest BCUT2D eigenvalue weighted by Crippen LogP contribution is 2.25. The lowest BCUT2D eigenvalue weighted by Gasteiger charge is -2.10. The summed E-state index contributed by atoms with van der Waals surface area (Å²) in [5.74, 6) is 0.913. The van der Waals surface area contributed by atoms with Crippen LogP contribution < -0.4 is 0 Å².